The smallest absolute Gasteiger partial charge is 0.331 e. The molecule has 0 radical (unpaired) electrons. The lowest BCUT2D eigenvalue weighted by Gasteiger charge is -2.35. The average Bonchev–Trinajstić information content (AvgIpc) is 3.14. The van der Waals surface area contributed by atoms with Crippen molar-refractivity contribution in [3.63, 3.8) is 0 Å². The maximum Gasteiger partial charge on any atom is 0.331 e. The molecule has 2 fully saturated rings. The molecule has 0 bridgehead atoms. The highest BCUT2D eigenvalue weighted by Crippen LogP contribution is 2.34. The molecule has 3 aromatic rings. The van der Waals surface area contributed by atoms with Gasteiger partial charge in [-0.1, -0.05) is 0 Å². The van der Waals surface area contributed by atoms with Crippen LogP contribution in [0.15, 0.2) is 15.7 Å². The van der Waals surface area contributed by atoms with Gasteiger partial charge in [-0.05, 0) is 46.1 Å². The van der Waals surface area contributed by atoms with E-state index in [9.17, 15) is 14.4 Å². The van der Waals surface area contributed by atoms with E-state index in [2.05, 4.69) is 14.9 Å². The minimum absolute atomic E-state index is 0.0174. The van der Waals surface area contributed by atoms with Crippen LogP contribution in [0.25, 0.3) is 11.0 Å². The summed E-state index contributed by atoms with van der Waals surface area (Å²) < 4.78 is 4.50. The number of rotatable bonds is 5. The quantitative estimate of drug-likeness (QED) is 0.555. The summed E-state index contributed by atoms with van der Waals surface area (Å²) in [6.45, 7) is 8.76. The largest absolute Gasteiger partial charge is 0.356 e. The van der Waals surface area contributed by atoms with Gasteiger partial charge in [0.1, 0.15) is 22.7 Å². The van der Waals surface area contributed by atoms with Crippen LogP contribution in [0.4, 0.5) is 5.82 Å². The average molecular weight is 495 g/mol. The molecule has 36 heavy (non-hydrogen) atoms. The van der Waals surface area contributed by atoms with Gasteiger partial charge in [0.2, 0.25) is 0 Å². The first-order valence-corrected chi connectivity index (χ1v) is 12.7. The number of piperidine rings is 1. The monoisotopic (exact) mass is 494 g/mol. The second-order valence-corrected chi connectivity index (χ2v) is 9.93. The number of likely N-dealkylation sites (tertiary alicyclic amines) is 1. The molecule has 0 saturated carbocycles. The van der Waals surface area contributed by atoms with E-state index < -0.39 is 11.2 Å². The van der Waals surface area contributed by atoms with E-state index in [0.29, 0.717) is 54.4 Å². The molecular formula is C25H34N8O3. The van der Waals surface area contributed by atoms with Crippen molar-refractivity contribution in [2.75, 3.05) is 31.1 Å². The van der Waals surface area contributed by atoms with E-state index in [4.69, 9.17) is 5.73 Å². The Hall–Kier alpha value is -3.47. The Kier molecular flexibility index (Phi) is 6.19. The van der Waals surface area contributed by atoms with Crippen molar-refractivity contribution >= 4 is 22.8 Å². The molecule has 0 aliphatic carbocycles. The fraction of sp³-hybridized carbons (Fsp3) is 0.560. The molecule has 1 amide bonds. The zero-order valence-electron chi connectivity index (χ0n) is 21.5. The van der Waals surface area contributed by atoms with E-state index >= 15 is 0 Å². The zero-order valence-corrected chi connectivity index (χ0v) is 21.5. The molecule has 2 saturated heterocycles. The predicted molar refractivity (Wildman–Crippen MR) is 138 cm³/mol. The number of carbonyl (C=O) groups excluding carboxylic acids is 1. The van der Waals surface area contributed by atoms with Crippen molar-refractivity contribution in [1.29, 1.82) is 0 Å². The van der Waals surface area contributed by atoms with Gasteiger partial charge < -0.3 is 20.1 Å². The molecule has 0 unspecified atom stereocenters. The summed E-state index contributed by atoms with van der Waals surface area (Å²) in [6, 6.07) is 1.83. The SMILES string of the molecule is CCn1c(N2CCC[C@@H](N)C2)c(C(=O)N2CCC2)c2c1c(=O)n(Cc1nc(C)cc(C)n1)c(=O)n2C. The third-order valence-electron chi connectivity index (χ3n) is 7.27. The summed E-state index contributed by atoms with van der Waals surface area (Å²) in [5.41, 5.74) is 8.07. The Morgan fingerprint density at radius 2 is 1.75 bits per heavy atom. The van der Waals surface area contributed by atoms with E-state index in [1.54, 1.807) is 11.9 Å². The number of anilines is 1. The number of nitrogens with zero attached hydrogens (tertiary/aromatic N) is 7. The minimum atomic E-state index is -0.497. The van der Waals surface area contributed by atoms with Gasteiger partial charge in [-0.15, -0.1) is 0 Å². The fourth-order valence-electron chi connectivity index (χ4n) is 5.49. The van der Waals surface area contributed by atoms with Gasteiger partial charge in [-0.2, -0.15) is 0 Å². The third kappa shape index (κ3) is 3.91. The van der Waals surface area contributed by atoms with Gasteiger partial charge in [0.15, 0.2) is 0 Å². The van der Waals surface area contributed by atoms with Crippen molar-refractivity contribution in [3.05, 3.63) is 49.7 Å². The second-order valence-electron chi connectivity index (χ2n) is 9.93. The molecule has 2 aliphatic rings. The van der Waals surface area contributed by atoms with Crippen molar-refractivity contribution in [2.24, 2.45) is 12.8 Å². The highest BCUT2D eigenvalue weighted by atomic mass is 16.2. The number of hydrogen-bond donors (Lipinski definition) is 1. The van der Waals surface area contributed by atoms with Crippen LogP contribution < -0.4 is 21.9 Å². The molecule has 2 N–H and O–H groups in total. The summed E-state index contributed by atoms with van der Waals surface area (Å²) in [7, 11) is 1.63. The summed E-state index contributed by atoms with van der Waals surface area (Å²) >= 11 is 0. The Morgan fingerprint density at radius 1 is 1.06 bits per heavy atom. The summed E-state index contributed by atoms with van der Waals surface area (Å²) in [6.07, 6.45) is 2.76. The zero-order chi connectivity index (χ0) is 25.7. The molecular weight excluding hydrogens is 460 g/mol. The molecule has 11 nitrogen and oxygen atoms in total. The van der Waals surface area contributed by atoms with Crippen molar-refractivity contribution in [1.82, 2.24) is 28.6 Å². The Bertz CT molecular complexity index is 1440. The Morgan fingerprint density at radius 3 is 2.33 bits per heavy atom. The van der Waals surface area contributed by atoms with E-state index in [1.807, 2.05) is 31.4 Å². The Balaban J connectivity index is 1.79. The molecule has 2 aliphatic heterocycles. The second kappa shape index (κ2) is 9.20. The van der Waals surface area contributed by atoms with Gasteiger partial charge in [0.25, 0.3) is 11.5 Å². The van der Waals surface area contributed by atoms with Crippen LogP contribution in [-0.2, 0) is 20.1 Å². The number of carbonyl (C=O) groups is 1. The van der Waals surface area contributed by atoms with E-state index in [0.717, 1.165) is 37.2 Å². The Labute approximate surface area is 209 Å². The fourth-order valence-corrected chi connectivity index (χ4v) is 5.49. The number of nitrogens with two attached hydrogens (primary N) is 1. The van der Waals surface area contributed by atoms with Gasteiger partial charge in [-0.25, -0.2) is 14.8 Å². The van der Waals surface area contributed by atoms with Crippen LogP contribution in [0.2, 0.25) is 0 Å². The number of fused-ring (bicyclic) bond motifs is 1. The highest BCUT2D eigenvalue weighted by Gasteiger charge is 2.35. The van der Waals surface area contributed by atoms with Crippen LogP contribution in [0.3, 0.4) is 0 Å². The number of aromatic nitrogens is 5. The molecule has 192 valence electrons. The first-order valence-electron chi connectivity index (χ1n) is 12.7. The topological polar surface area (TPSA) is 124 Å². The van der Waals surface area contributed by atoms with Gasteiger partial charge in [0.05, 0.1) is 12.1 Å². The first-order chi connectivity index (χ1) is 17.2. The lowest BCUT2D eigenvalue weighted by Crippen LogP contribution is -2.46. The minimum Gasteiger partial charge on any atom is -0.356 e. The molecule has 0 aromatic carbocycles. The van der Waals surface area contributed by atoms with Gasteiger partial charge >= 0.3 is 5.69 Å². The lowest BCUT2D eigenvalue weighted by atomic mass is 10.1. The molecule has 3 aromatic heterocycles. The maximum atomic E-state index is 13.9. The number of amides is 1. The molecule has 5 rings (SSSR count). The lowest BCUT2D eigenvalue weighted by molar-refractivity contribution is 0.0653. The van der Waals surface area contributed by atoms with Crippen molar-refractivity contribution in [3.8, 4) is 0 Å². The summed E-state index contributed by atoms with van der Waals surface area (Å²) in [4.78, 5) is 54.0. The van der Waals surface area contributed by atoms with E-state index in [-0.39, 0.29) is 18.5 Å². The maximum absolute atomic E-state index is 13.9. The van der Waals surface area contributed by atoms with Crippen LogP contribution in [0.1, 0.15) is 53.8 Å². The van der Waals surface area contributed by atoms with Crippen LogP contribution in [0.5, 0.6) is 0 Å². The third-order valence-corrected chi connectivity index (χ3v) is 7.27. The standard InChI is InChI=1S/C25H34N8O3/c1-5-32-21-20(19(23(34)30-10-7-11-30)22(32)31-9-6-8-17(26)13-31)29(4)25(36)33(24(21)35)14-18-27-15(2)12-16(3)28-18/h12,17H,5-11,13-14,26H2,1-4H3/t17-/m1/s1. The van der Waals surface area contributed by atoms with Crippen molar-refractivity contribution < 1.29 is 4.79 Å². The van der Waals surface area contributed by atoms with E-state index in [1.165, 1.54) is 9.13 Å². The predicted octanol–water partition coefficient (Wildman–Crippen LogP) is 0.750. The summed E-state index contributed by atoms with van der Waals surface area (Å²) in [5.74, 6) is 0.948. The normalized spacial score (nSPS) is 18.1. The molecule has 1 atom stereocenters. The summed E-state index contributed by atoms with van der Waals surface area (Å²) in [5, 5.41) is 0. The molecule has 5 heterocycles. The highest BCUT2D eigenvalue weighted by molar-refractivity contribution is 6.11. The molecule has 0 spiro atoms. The van der Waals surface area contributed by atoms with Crippen LogP contribution in [-0.4, -0.2) is 66.7 Å². The number of aryl methyl sites for hydroxylation is 4. The van der Waals surface area contributed by atoms with Gasteiger partial charge in [-0.3, -0.25) is 18.7 Å². The first kappa shape index (κ1) is 24.2. The van der Waals surface area contributed by atoms with Crippen LogP contribution >= 0.6 is 0 Å². The molecule has 11 heteroatoms. The van der Waals surface area contributed by atoms with Crippen LogP contribution in [0, 0.1) is 13.8 Å². The van der Waals surface area contributed by atoms with Crippen molar-refractivity contribution in [2.45, 2.75) is 59.2 Å². The van der Waals surface area contributed by atoms with Gasteiger partial charge in [0, 0.05) is 57.2 Å². The number of hydrogen-bond acceptors (Lipinski definition) is 7.